The number of carbonyl (C=O) groups excluding carboxylic acids is 1. The van der Waals surface area contributed by atoms with Gasteiger partial charge in [0.25, 0.3) is 5.91 Å². The number of nitrogens with zero attached hydrogens (tertiary/aromatic N) is 4. The molecule has 1 aliphatic heterocycles. The highest BCUT2D eigenvalue weighted by Gasteiger charge is 2.29. The Hall–Kier alpha value is -2.19. The topological polar surface area (TPSA) is 99.1 Å². The minimum absolute atomic E-state index is 0.227. The lowest BCUT2D eigenvalue weighted by molar-refractivity contribution is 0.0901. The van der Waals surface area contributed by atoms with E-state index in [0.717, 1.165) is 24.2 Å². The summed E-state index contributed by atoms with van der Waals surface area (Å²) in [6.45, 7) is 7.80. The van der Waals surface area contributed by atoms with Crippen LogP contribution in [0.25, 0.3) is 0 Å². The van der Waals surface area contributed by atoms with E-state index in [0.29, 0.717) is 24.6 Å². The summed E-state index contributed by atoms with van der Waals surface area (Å²) in [5.41, 5.74) is 1.59. The van der Waals surface area contributed by atoms with Crippen LogP contribution < -0.4 is 5.32 Å². The average Bonchev–Trinajstić information content (AvgIpc) is 3.20. The van der Waals surface area contributed by atoms with Crippen molar-refractivity contribution in [3.63, 3.8) is 0 Å². The Morgan fingerprint density at radius 3 is 2.88 bits per heavy atom. The van der Waals surface area contributed by atoms with Gasteiger partial charge in [-0.1, -0.05) is 0 Å². The lowest BCUT2D eigenvalue weighted by Gasteiger charge is -2.24. The number of aromatic nitrogens is 4. The van der Waals surface area contributed by atoms with Gasteiger partial charge < -0.3 is 15.4 Å². The van der Waals surface area contributed by atoms with Crippen molar-refractivity contribution in [2.75, 3.05) is 13.1 Å². The van der Waals surface area contributed by atoms with E-state index in [9.17, 15) is 9.90 Å². The molecule has 1 unspecified atom stereocenters. The van der Waals surface area contributed by atoms with E-state index in [-0.39, 0.29) is 12.0 Å². The third kappa shape index (κ3) is 3.91. The molecule has 0 spiro atoms. The quantitative estimate of drug-likeness (QED) is 0.739. The Balaban J connectivity index is 1.75. The summed E-state index contributed by atoms with van der Waals surface area (Å²) in [6.07, 6.45) is 4.10. The number of likely N-dealkylation sites (tertiary alicyclic amines) is 1. The fraction of sp³-hybridized carbons (Fsp3) is 0.588. The van der Waals surface area contributed by atoms with Gasteiger partial charge in [0.15, 0.2) is 5.69 Å². The second kappa shape index (κ2) is 6.61. The lowest BCUT2D eigenvalue weighted by atomic mass is 10.0. The van der Waals surface area contributed by atoms with E-state index in [1.54, 1.807) is 17.9 Å². The van der Waals surface area contributed by atoms with Crippen LogP contribution in [0.3, 0.4) is 0 Å². The van der Waals surface area contributed by atoms with Gasteiger partial charge in [-0.25, -0.2) is 4.98 Å². The second-order valence-electron chi connectivity index (χ2n) is 7.35. The molecule has 8 heteroatoms. The fourth-order valence-corrected chi connectivity index (χ4v) is 3.17. The molecule has 1 fully saturated rings. The van der Waals surface area contributed by atoms with Gasteiger partial charge in [0, 0.05) is 50.3 Å². The molecular weight excluding hydrogens is 320 g/mol. The molecule has 0 aliphatic carbocycles. The first-order chi connectivity index (χ1) is 11.7. The number of aliphatic hydroxyl groups is 1. The van der Waals surface area contributed by atoms with Gasteiger partial charge in [-0.2, -0.15) is 5.10 Å². The SMILES string of the molecule is Cc1cnc(C(C)(C)NC(=O)c2nn(C)cc2CN2CCC(O)C2)[nH]1. The van der Waals surface area contributed by atoms with Crippen molar-refractivity contribution in [1.82, 2.24) is 30.0 Å². The summed E-state index contributed by atoms with van der Waals surface area (Å²) < 4.78 is 1.65. The molecule has 8 nitrogen and oxygen atoms in total. The molecule has 1 aliphatic rings. The zero-order valence-corrected chi connectivity index (χ0v) is 15.2. The van der Waals surface area contributed by atoms with Crippen molar-refractivity contribution < 1.29 is 9.90 Å². The van der Waals surface area contributed by atoms with Crippen LogP contribution in [0.4, 0.5) is 0 Å². The van der Waals surface area contributed by atoms with E-state index < -0.39 is 5.54 Å². The maximum Gasteiger partial charge on any atom is 0.272 e. The maximum absolute atomic E-state index is 12.8. The summed E-state index contributed by atoms with van der Waals surface area (Å²) in [4.78, 5) is 22.4. The Morgan fingerprint density at radius 1 is 1.52 bits per heavy atom. The molecular formula is C17H26N6O2. The van der Waals surface area contributed by atoms with Crippen LogP contribution in [0.1, 0.15) is 47.8 Å². The molecule has 2 aromatic rings. The zero-order chi connectivity index (χ0) is 18.2. The molecule has 3 heterocycles. The van der Waals surface area contributed by atoms with Gasteiger partial charge >= 0.3 is 0 Å². The maximum atomic E-state index is 12.8. The molecule has 1 amide bonds. The minimum atomic E-state index is -0.635. The number of aliphatic hydroxyl groups excluding tert-OH is 1. The van der Waals surface area contributed by atoms with E-state index in [2.05, 4.69) is 25.3 Å². The van der Waals surface area contributed by atoms with Crippen molar-refractivity contribution in [1.29, 1.82) is 0 Å². The number of hydrogen-bond donors (Lipinski definition) is 3. The number of β-amino-alcohol motifs (C(OH)–C–C–N with tert-alkyl or cyclic N) is 1. The number of aromatic amines is 1. The van der Waals surface area contributed by atoms with Crippen LogP contribution in [0, 0.1) is 6.92 Å². The number of nitrogens with one attached hydrogen (secondary N) is 2. The van der Waals surface area contributed by atoms with Gasteiger partial charge in [-0.15, -0.1) is 0 Å². The van der Waals surface area contributed by atoms with Crippen LogP contribution >= 0.6 is 0 Å². The standard InChI is InChI=1S/C17H26N6O2/c1-11-7-18-16(19-11)17(2,3)20-15(25)14-12(8-22(4)21-14)9-23-6-5-13(24)10-23/h7-8,13,24H,5-6,9-10H2,1-4H3,(H,18,19)(H,20,25). The largest absolute Gasteiger partial charge is 0.392 e. The first kappa shape index (κ1) is 17.6. The first-order valence-electron chi connectivity index (χ1n) is 8.52. The molecule has 0 aromatic carbocycles. The van der Waals surface area contributed by atoms with Crippen LogP contribution in [-0.4, -0.2) is 54.9 Å². The number of carbonyl (C=O) groups is 1. The van der Waals surface area contributed by atoms with Crippen molar-refractivity contribution >= 4 is 5.91 Å². The van der Waals surface area contributed by atoms with Gasteiger partial charge in [-0.05, 0) is 27.2 Å². The smallest absolute Gasteiger partial charge is 0.272 e. The summed E-state index contributed by atoms with van der Waals surface area (Å²) in [7, 11) is 1.81. The monoisotopic (exact) mass is 346 g/mol. The zero-order valence-electron chi connectivity index (χ0n) is 15.2. The van der Waals surface area contributed by atoms with Crippen LogP contribution in [0.15, 0.2) is 12.4 Å². The molecule has 1 atom stereocenters. The van der Waals surface area contributed by atoms with Crippen molar-refractivity contribution in [3.05, 3.63) is 35.2 Å². The molecule has 2 aromatic heterocycles. The Kier molecular flexibility index (Phi) is 4.66. The van der Waals surface area contributed by atoms with Gasteiger partial charge in [-0.3, -0.25) is 14.4 Å². The summed E-state index contributed by atoms with van der Waals surface area (Å²) in [6, 6.07) is 0. The van der Waals surface area contributed by atoms with Crippen LogP contribution in [0.2, 0.25) is 0 Å². The highest BCUT2D eigenvalue weighted by molar-refractivity contribution is 5.94. The third-order valence-corrected chi connectivity index (χ3v) is 4.48. The van der Waals surface area contributed by atoms with Crippen LogP contribution in [0.5, 0.6) is 0 Å². The fourth-order valence-electron chi connectivity index (χ4n) is 3.17. The molecule has 1 saturated heterocycles. The summed E-state index contributed by atoms with van der Waals surface area (Å²) in [5.74, 6) is 0.480. The molecule has 3 rings (SSSR count). The van der Waals surface area contributed by atoms with E-state index >= 15 is 0 Å². The second-order valence-corrected chi connectivity index (χ2v) is 7.35. The van der Waals surface area contributed by atoms with Gasteiger partial charge in [0.2, 0.25) is 0 Å². The number of rotatable bonds is 5. The van der Waals surface area contributed by atoms with E-state index in [1.165, 1.54) is 0 Å². The number of H-pyrrole nitrogens is 1. The predicted octanol–water partition coefficient (Wildman–Crippen LogP) is 0.683. The summed E-state index contributed by atoms with van der Waals surface area (Å²) >= 11 is 0. The van der Waals surface area contributed by atoms with Crippen molar-refractivity contribution in [2.24, 2.45) is 7.05 Å². The average molecular weight is 346 g/mol. The third-order valence-electron chi connectivity index (χ3n) is 4.48. The summed E-state index contributed by atoms with van der Waals surface area (Å²) in [5, 5.41) is 17.0. The Labute approximate surface area is 147 Å². The first-order valence-corrected chi connectivity index (χ1v) is 8.52. The van der Waals surface area contributed by atoms with Crippen molar-refractivity contribution in [3.8, 4) is 0 Å². The molecule has 0 bridgehead atoms. The number of imidazole rings is 1. The van der Waals surface area contributed by atoms with Crippen LogP contribution in [-0.2, 0) is 19.1 Å². The van der Waals surface area contributed by atoms with Gasteiger partial charge in [0.05, 0.1) is 11.6 Å². The lowest BCUT2D eigenvalue weighted by Crippen LogP contribution is -2.42. The molecule has 0 radical (unpaired) electrons. The Bertz CT molecular complexity index is 763. The number of aryl methyl sites for hydroxylation is 2. The highest BCUT2D eigenvalue weighted by Crippen LogP contribution is 2.20. The van der Waals surface area contributed by atoms with E-state index in [4.69, 9.17) is 0 Å². The Morgan fingerprint density at radius 2 is 2.28 bits per heavy atom. The number of amides is 1. The number of hydrogen-bond acceptors (Lipinski definition) is 5. The molecule has 25 heavy (non-hydrogen) atoms. The highest BCUT2D eigenvalue weighted by atomic mass is 16.3. The minimum Gasteiger partial charge on any atom is -0.392 e. The molecule has 3 N–H and O–H groups in total. The van der Waals surface area contributed by atoms with Gasteiger partial charge in [0.1, 0.15) is 5.82 Å². The molecule has 0 saturated carbocycles. The van der Waals surface area contributed by atoms with E-state index in [1.807, 2.05) is 27.0 Å². The predicted molar refractivity (Wildman–Crippen MR) is 92.9 cm³/mol. The van der Waals surface area contributed by atoms with Crippen molar-refractivity contribution in [2.45, 2.75) is 45.4 Å². The molecule has 136 valence electrons. The normalized spacial score (nSPS) is 18.7.